The van der Waals surface area contributed by atoms with Crippen molar-refractivity contribution < 1.29 is 4.39 Å². The Morgan fingerprint density at radius 1 is 1.16 bits per heavy atom. The van der Waals surface area contributed by atoms with Crippen molar-refractivity contribution in [3.05, 3.63) is 70.0 Å². The molecule has 100 valence electrons. The van der Waals surface area contributed by atoms with Gasteiger partial charge in [0.05, 0.1) is 0 Å². The smallest absolute Gasteiger partial charge is 0.127 e. The van der Waals surface area contributed by atoms with Crippen molar-refractivity contribution in [2.45, 2.75) is 19.4 Å². The maximum Gasteiger partial charge on any atom is 0.127 e. The van der Waals surface area contributed by atoms with Crippen LogP contribution in [0, 0.1) is 12.7 Å². The number of likely N-dealkylation sites (N-methyl/N-ethyl adjacent to an activating group) is 1. The lowest BCUT2D eigenvalue weighted by Gasteiger charge is -2.18. The van der Waals surface area contributed by atoms with Gasteiger partial charge in [-0.2, -0.15) is 0 Å². The Balaban J connectivity index is 2.26. The Bertz CT molecular complexity index is 531. The van der Waals surface area contributed by atoms with Crippen LogP contribution in [0.4, 0.5) is 4.39 Å². The van der Waals surface area contributed by atoms with Crippen molar-refractivity contribution in [2.75, 3.05) is 7.05 Å². The molecule has 0 aromatic heterocycles. The lowest BCUT2D eigenvalue weighted by Crippen LogP contribution is -2.19. The molecule has 1 unspecified atom stereocenters. The monoisotopic (exact) mass is 277 g/mol. The number of benzene rings is 2. The van der Waals surface area contributed by atoms with Crippen molar-refractivity contribution in [3.63, 3.8) is 0 Å². The summed E-state index contributed by atoms with van der Waals surface area (Å²) in [6.07, 6.45) is 0.533. The van der Waals surface area contributed by atoms with Crippen molar-refractivity contribution in [1.82, 2.24) is 5.32 Å². The molecule has 19 heavy (non-hydrogen) atoms. The maximum atomic E-state index is 13.8. The number of hydrogen-bond acceptors (Lipinski definition) is 1. The molecule has 0 fully saturated rings. The molecule has 1 N–H and O–H groups in total. The Hall–Kier alpha value is -1.38. The van der Waals surface area contributed by atoms with Gasteiger partial charge >= 0.3 is 0 Å². The van der Waals surface area contributed by atoms with Crippen molar-refractivity contribution >= 4 is 11.6 Å². The third-order valence-corrected chi connectivity index (χ3v) is 3.65. The SMILES string of the molecule is CNC(Cc1c(F)cccc1Cl)c1ccc(C)cc1. The molecule has 0 heterocycles. The highest BCUT2D eigenvalue weighted by molar-refractivity contribution is 6.31. The number of nitrogens with one attached hydrogen (secondary N) is 1. The molecule has 0 aliphatic heterocycles. The van der Waals surface area contributed by atoms with E-state index in [0.717, 1.165) is 5.56 Å². The van der Waals surface area contributed by atoms with Gasteiger partial charge in [-0.05, 0) is 38.1 Å². The van der Waals surface area contributed by atoms with Crippen LogP contribution < -0.4 is 5.32 Å². The zero-order valence-corrected chi connectivity index (χ0v) is 11.8. The van der Waals surface area contributed by atoms with Gasteiger partial charge < -0.3 is 5.32 Å². The van der Waals surface area contributed by atoms with E-state index in [1.54, 1.807) is 12.1 Å². The first-order valence-electron chi connectivity index (χ1n) is 6.28. The summed E-state index contributed by atoms with van der Waals surface area (Å²) in [7, 11) is 1.87. The summed E-state index contributed by atoms with van der Waals surface area (Å²) in [4.78, 5) is 0. The van der Waals surface area contributed by atoms with E-state index >= 15 is 0 Å². The fraction of sp³-hybridized carbons (Fsp3) is 0.250. The van der Waals surface area contributed by atoms with E-state index < -0.39 is 0 Å². The van der Waals surface area contributed by atoms with Gasteiger partial charge in [-0.3, -0.25) is 0 Å². The van der Waals surface area contributed by atoms with Crippen LogP contribution in [0.3, 0.4) is 0 Å². The highest BCUT2D eigenvalue weighted by Gasteiger charge is 2.15. The summed E-state index contributed by atoms with van der Waals surface area (Å²) in [6.45, 7) is 2.05. The van der Waals surface area contributed by atoms with E-state index in [9.17, 15) is 4.39 Å². The van der Waals surface area contributed by atoms with E-state index in [1.807, 2.05) is 14.0 Å². The molecule has 3 heteroatoms. The molecule has 1 atom stereocenters. The second-order valence-electron chi connectivity index (χ2n) is 4.66. The van der Waals surface area contributed by atoms with Crippen LogP contribution in [-0.4, -0.2) is 7.05 Å². The molecular formula is C16H17ClFN. The summed E-state index contributed by atoms with van der Waals surface area (Å²) in [5.74, 6) is -0.250. The molecule has 0 saturated carbocycles. The fourth-order valence-electron chi connectivity index (χ4n) is 2.12. The largest absolute Gasteiger partial charge is 0.313 e. The minimum Gasteiger partial charge on any atom is -0.313 e. The predicted molar refractivity (Wildman–Crippen MR) is 78.1 cm³/mol. The van der Waals surface area contributed by atoms with Crippen LogP contribution in [0.1, 0.15) is 22.7 Å². The van der Waals surface area contributed by atoms with Gasteiger partial charge in [-0.25, -0.2) is 4.39 Å². The molecule has 0 aliphatic rings. The molecule has 2 rings (SSSR count). The van der Waals surface area contributed by atoms with E-state index in [2.05, 4.69) is 29.6 Å². The highest BCUT2D eigenvalue weighted by atomic mass is 35.5. The van der Waals surface area contributed by atoms with Crippen LogP contribution in [0.2, 0.25) is 5.02 Å². The maximum absolute atomic E-state index is 13.8. The Kier molecular flexibility index (Phi) is 4.56. The fourth-order valence-corrected chi connectivity index (χ4v) is 2.36. The second kappa shape index (κ2) is 6.18. The molecule has 0 radical (unpaired) electrons. The van der Waals surface area contributed by atoms with E-state index in [1.165, 1.54) is 11.6 Å². The zero-order chi connectivity index (χ0) is 13.8. The summed E-state index contributed by atoms with van der Waals surface area (Å²) in [5.41, 5.74) is 2.90. The molecule has 0 aliphatic carbocycles. The molecule has 2 aromatic rings. The van der Waals surface area contributed by atoms with Gasteiger partial charge in [-0.1, -0.05) is 47.5 Å². The van der Waals surface area contributed by atoms with Gasteiger partial charge in [0.1, 0.15) is 5.82 Å². The van der Waals surface area contributed by atoms with Gasteiger partial charge in [-0.15, -0.1) is 0 Å². The second-order valence-corrected chi connectivity index (χ2v) is 5.06. The van der Waals surface area contributed by atoms with Gasteiger partial charge in [0.2, 0.25) is 0 Å². The molecule has 0 amide bonds. The van der Waals surface area contributed by atoms with Gasteiger partial charge in [0.15, 0.2) is 0 Å². The van der Waals surface area contributed by atoms with Crippen LogP contribution >= 0.6 is 11.6 Å². The minimum absolute atomic E-state index is 0.0509. The van der Waals surface area contributed by atoms with Gasteiger partial charge in [0.25, 0.3) is 0 Å². The van der Waals surface area contributed by atoms with Gasteiger partial charge in [0, 0.05) is 16.6 Å². The van der Waals surface area contributed by atoms with E-state index in [4.69, 9.17) is 11.6 Å². The molecule has 0 saturated heterocycles. The normalized spacial score (nSPS) is 12.4. The first kappa shape index (κ1) is 14.0. The third kappa shape index (κ3) is 3.34. The zero-order valence-electron chi connectivity index (χ0n) is 11.1. The Morgan fingerprint density at radius 3 is 2.42 bits per heavy atom. The molecule has 0 spiro atoms. The summed E-state index contributed by atoms with van der Waals surface area (Å²) in [6, 6.07) is 13.1. The predicted octanol–water partition coefficient (Wildman–Crippen LogP) is 4.29. The molecular weight excluding hydrogens is 261 g/mol. The van der Waals surface area contributed by atoms with E-state index in [0.29, 0.717) is 17.0 Å². The molecule has 0 bridgehead atoms. The standard InChI is InChI=1S/C16H17ClFN/c1-11-6-8-12(9-7-11)16(19-2)10-13-14(17)4-3-5-15(13)18/h3-9,16,19H,10H2,1-2H3. The summed E-state index contributed by atoms with van der Waals surface area (Å²) < 4.78 is 13.8. The summed E-state index contributed by atoms with van der Waals surface area (Å²) >= 11 is 6.08. The van der Waals surface area contributed by atoms with E-state index in [-0.39, 0.29) is 11.9 Å². The van der Waals surface area contributed by atoms with Crippen LogP contribution in [0.25, 0.3) is 0 Å². The van der Waals surface area contributed by atoms with Crippen LogP contribution in [0.5, 0.6) is 0 Å². The topological polar surface area (TPSA) is 12.0 Å². The number of aryl methyl sites for hydroxylation is 1. The van der Waals surface area contributed by atoms with Crippen molar-refractivity contribution in [1.29, 1.82) is 0 Å². The first-order chi connectivity index (χ1) is 9.11. The quantitative estimate of drug-likeness (QED) is 0.879. The van der Waals surface area contributed by atoms with Crippen molar-refractivity contribution in [3.8, 4) is 0 Å². The average molecular weight is 278 g/mol. The Labute approximate surface area is 118 Å². The Morgan fingerprint density at radius 2 is 1.84 bits per heavy atom. The number of rotatable bonds is 4. The first-order valence-corrected chi connectivity index (χ1v) is 6.66. The number of hydrogen-bond donors (Lipinski definition) is 1. The van der Waals surface area contributed by atoms with Crippen LogP contribution in [0.15, 0.2) is 42.5 Å². The third-order valence-electron chi connectivity index (χ3n) is 3.30. The highest BCUT2D eigenvalue weighted by Crippen LogP contribution is 2.25. The summed E-state index contributed by atoms with van der Waals surface area (Å²) in [5, 5.41) is 3.69. The average Bonchev–Trinajstić information content (AvgIpc) is 2.40. The lowest BCUT2D eigenvalue weighted by molar-refractivity contribution is 0.554. The number of halogens is 2. The molecule has 2 aromatic carbocycles. The lowest BCUT2D eigenvalue weighted by atomic mass is 9.98. The molecule has 1 nitrogen and oxygen atoms in total. The van der Waals surface area contributed by atoms with Crippen LogP contribution in [-0.2, 0) is 6.42 Å². The van der Waals surface area contributed by atoms with Crippen molar-refractivity contribution in [2.24, 2.45) is 0 Å². The minimum atomic E-state index is -0.250.